The first-order valence-electron chi connectivity index (χ1n) is 8.44. The molecular weight excluding hydrogens is 358 g/mol. The van der Waals surface area contributed by atoms with Crippen molar-refractivity contribution in [3.05, 3.63) is 101 Å². The van der Waals surface area contributed by atoms with Gasteiger partial charge in [-0.05, 0) is 35.4 Å². The number of carbonyl (C=O) groups excluding carboxylic acids is 1. The molecule has 0 aliphatic heterocycles. The number of halogens is 1. The van der Waals surface area contributed by atoms with Crippen LogP contribution >= 0.6 is 11.6 Å². The Morgan fingerprint density at radius 3 is 2.26 bits per heavy atom. The molecule has 1 unspecified atom stereocenters. The van der Waals surface area contributed by atoms with E-state index in [1.165, 1.54) is 4.90 Å². The van der Waals surface area contributed by atoms with Gasteiger partial charge in [-0.2, -0.15) is 5.26 Å². The number of amides is 1. The quantitative estimate of drug-likeness (QED) is 0.649. The number of anilines is 1. The van der Waals surface area contributed by atoms with Gasteiger partial charge in [0.1, 0.15) is 6.04 Å². The number of nitrogens with two attached hydrogens (primary N) is 1. The summed E-state index contributed by atoms with van der Waals surface area (Å²) in [5, 5.41) is 10.4. The van der Waals surface area contributed by atoms with Crippen LogP contribution < -0.4 is 5.73 Å². The summed E-state index contributed by atoms with van der Waals surface area (Å²) in [6.45, 7) is 0.287. The van der Waals surface area contributed by atoms with Crippen molar-refractivity contribution in [1.29, 1.82) is 5.26 Å². The molecule has 27 heavy (non-hydrogen) atoms. The fourth-order valence-corrected chi connectivity index (χ4v) is 3.00. The van der Waals surface area contributed by atoms with E-state index in [2.05, 4.69) is 6.07 Å². The molecule has 1 amide bonds. The first-order valence-corrected chi connectivity index (χ1v) is 8.82. The lowest BCUT2D eigenvalue weighted by atomic mass is 10.0. The summed E-state index contributed by atoms with van der Waals surface area (Å²) in [5.74, 6) is -0.293. The summed E-state index contributed by atoms with van der Waals surface area (Å²) in [4.78, 5) is 14.8. The fourth-order valence-electron chi connectivity index (χ4n) is 2.88. The molecule has 0 saturated heterocycles. The van der Waals surface area contributed by atoms with Gasteiger partial charge in [0.2, 0.25) is 0 Å². The molecule has 0 aliphatic carbocycles. The predicted octanol–water partition coefficient (Wildman–Crippen LogP) is 4.83. The number of rotatable bonds is 5. The van der Waals surface area contributed by atoms with Crippen molar-refractivity contribution >= 4 is 23.2 Å². The van der Waals surface area contributed by atoms with Crippen molar-refractivity contribution in [2.45, 2.75) is 12.6 Å². The Kier molecular flexibility index (Phi) is 5.75. The second-order valence-corrected chi connectivity index (χ2v) is 6.53. The minimum absolute atomic E-state index is 0.287. The molecule has 3 aromatic rings. The highest BCUT2D eigenvalue weighted by Crippen LogP contribution is 2.27. The molecule has 4 nitrogen and oxygen atoms in total. The maximum absolute atomic E-state index is 13.3. The van der Waals surface area contributed by atoms with Crippen molar-refractivity contribution in [1.82, 2.24) is 4.90 Å². The highest BCUT2D eigenvalue weighted by molar-refractivity contribution is 6.30. The smallest absolute Gasteiger partial charge is 0.257 e. The van der Waals surface area contributed by atoms with Gasteiger partial charge in [-0.3, -0.25) is 4.79 Å². The van der Waals surface area contributed by atoms with Crippen LogP contribution in [0.1, 0.15) is 27.5 Å². The van der Waals surface area contributed by atoms with Crippen molar-refractivity contribution in [3.63, 3.8) is 0 Å². The molecule has 0 aromatic heterocycles. The topological polar surface area (TPSA) is 70.1 Å². The number of benzene rings is 3. The molecule has 5 heteroatoms. The summed E-state index contributed by atoms with van der Waals surface area (Å²) in [6, 6.07) is 24.9. The number of nitrogens with zero attached hydrogens (tertiary/aromatic N) is 2. The van der Waals surface area contributed by atoms with Gasteiger partial charge in [-0.25, -0.2) is 0 Å². The van der Waals surface area contributed by atoms with Crippen molar-refractivity contribution in [3.8, 4) is 6.07 Å². The van der Waals surface area contributed by atoms with E-state index in [-0.39, 0.29) is 12.5 Å². The highest BCUT2D eigenvalue weighted by atomic mass is 35.5. The molecular formula is C22H18ClN3O. The van der Waals surface area contributed by atoms with Crippen LogP contribution in [0.15, 0.2) is 78.9 Å². The first-order chi connectivity index (χ1) is 13.1. The third-order valence-corrected chi connectivity index (χ3v) is 4.52. The summed E-state index contributed by atoms with van der Waals surface area (Å²) < 4.78 is 0. The summed E-state index contributed by atoms with van der Waals surface area (Å²) >= 11 is 5.97. The van der Waals surface area contributed by atoms with Gasteiger partial charge < -0.3 is 10.6 Å². The molecule has 0 saturated carbocycles. The van der Waals surface area contributed by atoms with Gasteiger partial charge in [-0.1, -0.05) is 66.2 Å². The van der Waals surface area contributed by atoms with E-state index in [0.717, 1.165) is 5.56 Å². The zero-order valence-electron chi connectivity index (χ0n) is 14.5. The molecule has 1 atom stereocenters. The summed E-state index contributed by atoms with van der Waals surface area (Å²) in [7, 11) is 0. The number of carbonyl (C=O) groups is 1. The highest BCUT2D eigenvalue weighted by Gasteiger charge is 2.27. The zero-order valence-corrected chi connectivity index (χ0v) is 15.3. The van der Waals surface area contributed by atoms with Gasteiger partial charge in [0.05, 0.1) is 11.6 Å². The Morgan fingerprint density at radius 2 is 1.63 bits per heavy atom. The van der Waals surface area contributed by atoms with Crippen molar-refractivity contribution in [2.75, 3.05) is 5.73 Å². The monoisotopic (exact) mass is 375 g/mol. The standard InChI is InChI=1S/C22H18ClN3O/c23-18-12-10-17(11-13-18)21(14-24)26(15-16-6-2-1-3-7-16)22(27)19-8-4-5-9-20(19)25/h1-13,21H,15,25H2. The van der Waals surface area contributed by atoms with Crippen molar-refractivity contribution < 1.29 is 4.79 Å². The molecule has 0 aliphatic rings. The Morgan fingerprint density at radius 1 is 1.00 bits per heavy atom. The Hall–Kier alpha value is -3.29. The van der Waals surface area contributed by atoms with Crippen LogP contribution in [0.2, 0.25) is 5.02 Å². The lowest BCUT2D eigenvalue weighted by Gasteiger charge is -2.28. The van der Waals surface area contributed by atoms with Crippen molar-refractivity contribution in [2.24, 2.45) is 0 Å². The van der Waals surface area contributed by atoms with Crippen LogP contribution in [-0.4, -0.2) is 10.8 Å². The Bertz CT molecular complexity index is 965. The van der Waals surface area contributed by atoms with Crippen LogP contribution in [0.25, 0.3) is 0 Å². The minimum atomic E-state index is -0.769. The number of nitriles is 1. The van der Waals surface area contributed by atoms with E-state index in [1.807, 2.05) is 30.3 Å². The SMILES string of the molecule is N#CC(c1ccc(Cl)cc1)N(Cc1ccccc1)C(=O)c1ccccc1N. The van der Waals surface area contributed by atoms with Gasteiger partial charge >= 0.3 is 0 Å². The first kappa shape index (κ1) is 18.5. The largest absolute Gasteiger partial charge is 0.398 e. The van der Waals surface area contributed by atoms with E-state index in [1.54, 1.807) is 48.5 Å². The summed E-state index contributed by atoms with van der Waals surface area (Å²) in [6.07, 6.45) is 0. The lowest BCUT2D eigenvalue weighted by molar-refractivity contribution is 0.0702. The zero-order chi connectivity index (χ0) is 19.2. The van der Waals surface area contributed by atoms with E-state index in [0.29, 0.717) is 21.8 Å². The third-order valence-electron chi connectivity index (χ3n) is 4.27. The van der Waals surface area contributed by atoms with E-state index < -0.39 is 6.04 Å². The number of para-hydroxylation sites is 1. The molecule has 2 N–H and O–H groups in total. The van der Waals surface area contributed by atoms with Crippen LogP contribution in [0.5, 0.6) is 0 Å². The van der Waals surface area contributed by atoms with Gasteiger partial charge in [0, 0.05) is 17.3 Å². The van der Waals surface area contributed by atoms with E-state index in [9.17, 15) is 10.1 Å². The second kappa shape index (κ2) is 8.39. The van der Waals surface area contributed by atoms with Gasteiger partial charge in [-0.15, -0.1) is 0 Å². The van der Waals surface area contributed by atoms with Gasteiger partial charge in [0.25, 0.3) is 5.91 Å². The number of nitrogen functional groups attached to an aromatic ring is 1. The lowest BCUT2D eigenvalue weighted by Crippen LogP contribution is -2.34. The normalized spacial score (nSPS) is 11.4. The molecule has 0 heterocycles. The fraction of sp³-hybridized carbons (Fsp3) is 0.0909. The molecule has 3 aromatic carbocycles. The van der Waals surface area contributed by atoms with Crippen LogP contribution in [-0.2, 0) is 6.54 Å². The molecule has 0 bridgehead atoms. The van der Waals surface area contributed by atoms with E-state index >= 15 is 0 Å². The molecule has 134 valence electrons. The number of hydrogen-bond acceptors (Lipinski definition) is 3. The summed E-state index contributed by atoms with van der Waals surface area (Å²) in [5.41, 5.74) is 8.39. The average Bonchev–Trinajstić information content (AvgIpc) is 2.70. The maximum atomic E-state index is 13.3. The van der Waals surface area contributed by atoms with Gasteiger partial charge in [0.15, 0.2) is 0 Å². The Balaban J connectivity index is 2.03. The van der Waals surface area contributed by atoms with Crippen LogP contribution in [0.4, 0.5) is 5.69 Å². The molecule has 0 fully saturated rings. The molecule has 0 radical (unpaired) electrons. The van der Waals surface area contributed by atoms with E-state index in [4.69, 9.17) is 17.3 Å². The second-order valence-electron chi connectivity index (χ2n) is 6.09. The number of hydrogen-bond donors (Lipinski definition) is 1. The third kappa shape index (κ3) is 4.28. The molecule has 0 spiro atoms. The predicted molar refractivity (Wildman–Crippen MR) is 107 cm³/mol. The molecule has 3 rings (SSSR count). The van der Waals surface area contributed by atoms with Crippen LogP contribution in [0, 0.1) is 11.3 Å². The van der Waals surface area contributed by atoms with Crippen LogP contribution in [0.3, 0.4) is 0 Å². The minimum Gasteiger partial charge on any atom is -0.398 e. The Labute approximate surface area is 163 Å². The average molecular weight is 376 g/mol. The maximum Gasteiger partial charge on any atom is 0.257 e.